The van der Waals surface area contributed by atoms with Gasteiger partial charge < -0.3 is 16.0 Å². The van der Waals surface area contributed by atoms with Crippen LogP contribution in [0.2, 0.25) is 0 Å². The third-order valence-electron chi connectivity index (χ3n) is 5.38. The van der Waals surface area contributed by atoms with Crippen LogP contribution in [0.3, 0.4) is 0 Å². The minimum Gasteiger partial charge on any atom is -0.368 e. The van der Waals surface area contributed by atoms with Crippen molar-refractivity contribution in [3.8, 4) is 11.1 Å². The van der Waals surface area contributed by atoms with Gasteiger partial charge in [0.1, 0.15) is 11.3 Å². The van der Waals surface area contributed by atoms with E-state index >= 15 is 0 Å². The number of nitrogens with one attached hydrogen (secondary N) is 2. The summed E-state index contributed by atoms with van der Waals surface area (Å²) in [6.07, 6.45) is 2.03. The number of hydrogen-bond donors (Lipinski definition) is 3. The summed E-state index contributed by atoms with van der Waals surface area (Å²) in [6, 6.07) is 13.8. The van der Waals surface area contributed by atoms with Crippen molar-refractivity contribution >= 4 is 28.4 Å². The topological polar surface area (TPSA) is 114 Å². The maximum absolute atomic E-state index is 14.0. The number of H-pyrrole nitrogens is 1. The van der Waals surface area contributed by atoms with Gasteiger partial charge in [-0.15, -0.1) is 0 Å². The first-order chi connectivity index (χ1) is 15.5. The molecular formula is C23H20FN7O. The number of nitrogens with zero attached hydrogens (tertiary/aromatic N) is 4. The number of rotatable bonds is 5. The zero-order chi connectivity index (χ0) is 22.2. The van der Waals surface area contributed by atoms with Gasteiger partial charge in [-0.25, -0.2) is 9.37 Å². The molecule has 0 atom stereocenters. The van der Waals surface area contributed by atoms with E-state index in [0.29, 0.717) is 41.1 Å². The van der Waals surface area contributed by atoms with Crippen molar-refractivity contribution in [3.05, 3.63) is 82.3 Å². The number of aromatic nitrogens is 5. The van der Waals surface area contributed by atoms with E-state index in [9.17, 15) is 9.18 Å². The molecular weight excluding hydrogens is 409 g/mol. The zero-order valence-electron chi connectivity index (χ0n) is 17.3. The molecule has 0 saturated carbocycles. The number of halogens is 1. The number of fused-ring (bicyclic) bond motifs is 2. The Morgan fingerprint density at radius 3 is 2.84 bits per heavy atom. The highest BCUT2D eigenvalue weighted by Gasteiger charge is 2.15. The average molecular weight is 429 g/mol. The molecule has 9 heteroatoms. The Kier molecular flexibility index (Phi) is 4.78. The van der Waals surface area contributed by atoms with Gasteiger partial charge in [0.15, 0.2) is 11.5 Å². The van der Waals surface area contributed by atoms with Crippen LogP contribution < -0.4 is 16.6 Å². The van der Waals surface area contributed by atoms with Crippen LogP contribution in [0.15, 0.2) is 59.7 Å². The van der Waals surface area contributed by atoms with E-state index in [2.05, 4.69) is 25.3 Å². The highest BCUT2D eigenvalue weighted by Crippen LogP contribution is 2.24. The molecule has 4 aromatic heterocycles. The molecule has 0 bridgehead atoms. The fraction of sp³-hybridized carbons (Fsp3) is 0.130. The third kappa shape index (κ3) is 3.43. The molecule has 0 unspecified atom stereocenters. The van der Waals surface area contributed by atoms with Crippen molar-refractivity contribution in [2.24, 2.45) is 0 Å². The van der Waals surface area contributed by atoms with Gasteiger partial charge in [0.2, 0.25) is 5.95 Å². The minimum atomic E-state index is -0.390. The fourth-order valence-electron chi connectivity index (χ4n) is 3.97. The monoisotopic (exact) mass is 429 g/mol. The Hall–Kier alpha value is -4.27. The summed E-state index contributed by atoms with van der Waals surface area (Å²) in [5, 5.41) is 3.25. The Morgan fingerprint density at radius 2 is 2.00 bits per heavy atom. The van der Waals surface area contributed by atoms with Gasteiger partial charge in [-0.3, -0.25) is 9.20 Å². The number of benzene rings is 1. The predicted molar refractivity (Wildman–Crippen MR) is 122 cm³/mol. The number of anilines is 2. The molecule has 4 heterocycles. The molecule has 5 rings (SSSR count). The molecule has 1 aromatic carbocycles. The summed E-state index contributed by atoms with van der Waals surface area (Å²) >= 11 is 0. The van der Waals surface area contributed by atoms with Gasteiger partial charge in [-0.2, -0.15) is 9.97 Å². The van der Waals surface area contributed by atoms with Gasteiger partial charge in [0, 0.05) is 17.8 Å². The fourth-order valence-corrected chi connectivity index (χ4v) is 3.97. The lowest BCUT2D eigenvalue weighted by Gasteiger charge is -2.14. The third-order valence-corrected chi connectivity index (χ3v) is 5.38. The number of aromatic amines is 1. The second-order valence-corrected chi connectivity index (χ2v) is 7.50. The standard InChI is InChI=1S/C23H20FN7O/c1-13-4-2-7-17-11-15(18(22(32)31(13)17)14-5-3-6-16(24)10-14)8-9-26-20-19-21(28-12-27-19)30-23(25)29-20/h2-7,10-12H,8-9H2,1H3,(H4,25,26,27,28,29,30). The minimum absolute atomic E-state index is 0.118. The Balaban J connectivity index is 1.56. The van der Waals surface area contributed by atoms with Crippen LogP contribution in [-0.4, -0.2) is 30.9 Å². The first-order valence-corrected chi connectivity index (χ1v) is 10.1. The molecule has 0 fully saturated rings. The Labute approximate surface area is 182 Å². The maximum atomic E-state index is 14.0. The average Bonchev–Trinajstić information content (AvgIpc) is 3.22. The zero-order valence-corrected chi connectivity index (χ0v) is 17.3. The van der Waals surface area contributed by atoms with E-state index in [-0.39, 0.29) is 17.3 Å². The predicted octanol–water partition coefficient (Wildman–Crippen LogP) is 3.32. The first-order valence-electron chi connectivity index (χ1n) is 10.1. The molecule has 0 aliphatic rings. The van der Waals surface area contributed by atoms with E-state index in [0.717, 1.165) is 16.8 Å². The summed E-state index contributed by atoms with van der Waals surface area (Å²) in [5.74, 6) is 0.261. The lowest BCUT2D eigenvalue weighted by molar-refractivity contribution is 0.628. The molecule has 0 amide bonds. The Bertz CT molecular complexity index is 1520. The lowest BCUT2D eigenvalue weighted by atomic mass is 9.98. The Morgan fingerprint density at radius 1 is 1.16 bits per heavy atom. The highest BCUT2D eigenvalue weighted by molar-refractivity contribution is 5.83. The molecule has 0 aliphatic carbocycles. The second-order valence-electron chi connectivity index (χ2n) is 7.50. The number of nitrogens with two attached hydrogens (primary N) is 1. The van der Waals surface area contributed by atoms with E-state index in [1.807, 2.05) is 31.2 Å². The number of hydrogen-bond acceptors (Lipinski definition) is 6. The molecule has 5 aromatic rings. The van der Waals surface area contributed by atoms with Crippen LogP contribution in [-0.2, 0) is 6.42 Å². The molecule has 0 aliphatic heterocycles. The molecule has 160 valence electrons. The number of imidazole rings is 1. The van der Waals surface area contributed by atoms with Crippen LogP contribution in [0.1, 0.15) is 11.3 Å². The molecule has 4 N–H and O–H groups in total. The van der Waals surface area contributed by atoms with E-state index in [4.69, 9.17) is 5.73 Å². The molecule has 32 heavy (non-hydrogen) atoms. The van der Waals surface area contributed by atoms with Crippen LogP contribution >= 0.6 is 0 Å². The summed E-state index contributed by atoms with van der Waals surface area (Å²) in [6.45, 7) is 2.34. The number of nitrogen functional groups attached to an aromatic ring is 1. The molecule has 0 radical (unpaired) electrons. The first kappa shape index (κ1) is 19.7. The molecule has 0 saturated heterocycles. The van der Waals surface area contributed by atoms with Crippen molar-refractivity contribution in [2.45, 2.75) is 13.3 Å². The van der Waals surface area contributed by atoms with Gasteiger partial charge in [-0.05, 0) is 54.8 Å². The van der Waals surface area contributed by atoms with Crippen LogP contribution in [0.5, 0.6) is 0 Å². The highest BCUT2D eigenvalue weighted by atomic mass is 19.1. The summed E-state index contributed by atoms with van der Waals surface area (Å²) in [4.78, 5) is 28.9. The summed E-state index contributed by atoms with van der Waals surface area (Å²) in [7, 11) is 0. The van der Waals surface area contributed by atoms with E-state index in [1.54, 1.807) is 16.5 Å². The summed E-state index contributed by atoms with van der Waals surface area (Å²) in [5.41, 5.74) is 10.2. The van der Waals surface area contributed by atoms with Gasteiger partial charge in [-0.1, -0.05) is 18.2 Å². The lowest BCUT2D eigenvalue weighted by Crippen LogP contribution is -2.21. The van der Waals surface area contributed by atoms with Crippen LogP contribution in [0.4, 0.5) is 16.2 Å². The normalized spacial score (nSPS) is 11.3. The van der Waals surface area contributed by atoms with Crippen molar-refractivity contribution in [1.82, 2.24) is 24.3 Å². The largest absolute Gasteiger partial charge is 0.368 e. The van der Waals surface area contributed by atoms with Gasteiger partial charge in [0.05, 0.1) is 11.9 Å². The van der Waals surface area contributed by atoms with Crippen LogP contribution in [0, 0.1) is 12.7 Å². The quantitative estimate of drug-likeness (QED) is 0.395. The van der Waals surface area contributed by atoms with Crippen molar-refractivity contribution < 1.29 is 4.39 Å². The van der Waals surface area contributed by atoms with Crippen molar-refractivity contribution in [2.75, 3.05) is 17.6 Å². The smallest absolute Gasteiger partial charge is 0.263 e. The maximum Gasteiger partial charge on any atom is 0.263 e. The van der Waals surface area contributed by atoms with Crippen molar-refractivity contribution in [3.63, 3.8) is 0 Å². The van der Waals surface area contributed by atoms with Gasteiger partial charge in [0.25, 0.3) is 5.56 Å². The molecule has 8 nitrogen and oxygen atoms in total. The number of aryl methyl sites for hydroxylation is 1. The molecule has 0 spiro atoms. The number of pyridine rings is 2. The summed E-state index contributed by atoms with van der Waals surface area (Å²) < 4.78 is 15.6. The van der Waals surface area contributed by atoms with E-state index in [1.165, 1.54) is 18.5 Å². The SMILES string of the molecule is Cc1cccc2cc(CCNc3nc(N)nc4nc[nH]c34)c(-c3cccc(F)c3)c(=O)n12. The second kappa shape index (κ2) is 7.77. The van der Waals surface area contributed by atoms with E-state index < -0.39 is 0 Å². The van der Waals surface area contributed by atoms with Crippen LogP contribution in [0.25, 0.3) is 27.8 Å². The van der Waals surface area contributed by atoms with Crippen molar-refractivity contribution in [1.29, 1.82) is 0 Å². The van der Waals surface area contributed by atoms with Gasteiger partial charge >= 0.3 is 0 Å².